The van der Waals surface area contributed by atoms with Gasteiger partial charge in [0.05, 0.1) is 0 Å². The molecule has 4 heteroatoms. The number of aromatic nitrogens is 1. The molecule has 1 aliphatic rings. The molecule has 2 nitrogen and oxygen atoms in total. The van der Waals surface area contributed by atoms with Crippen LogP contribution in [-0.4, -0.2) is 30.9 Å². The fraction of sp³-hybridized carbons (Fsp3) is 0.435. The lowest BCUT2D eigenvalue weighted by atomic mass is 9.91. The molecule has 0 bridgehead atoms. The Morgan fingerprint density at radius 1 is 1.22 bits per heavy atom. The number of hydrogen-bond acceptors (Lipinski definition) is 2. The third-order valence-corrected chi connectivity index (χ3v) is 5.55. The van der Waals surface area contributed by atoms with Crippen molar-refractivity contribution in [2.24, 2.45) is 5.92 Å². The van der Waals surface area contributed by atoms with E-state index in [9.17, 15) is 4.39 Å². The summed E-state index contributed by atoms with van der Waals surface area (Å²) in [5.41, 5.74) is 4.76. The van der Waals surface area contributed by atoms with Gasteiger partial charge in [-0.15, -0.1) is 0 Å². The smallest absolute Gasteiger partial charge is 0.182 e. The summed E-state index contributed by atoms with van der Waals surface area (Å²) in [6, 6.07) is 11.7. The Kier molecular flexibility index (Phi) is 6.48. The van der Waals surface area contributed by atoms with Crippen molar-refractivity contribution in [3.63, 3.8) is 0 Å². The molecular weight excluding hydrogens is 334 g/mol. The highest BCUT2D eigenvalue weighted by molar-refractivity contribution is 6.04. The fourth-order valence-corrected chi connectivity index (χ4v) is 3.61. The predicted molar refractivity (Wildman–Crippen MR) is 111 cm³/mol. The Bertz CT molecular complexity index is 795. The highest BCUT2D eigenvalue weighted by Crippen LogP contribution is 2.26. The lowest BCUT2D eigenvalue weighted by molar-refractivity contribution is 0.331. The molecule has 0 spiro atoms. The van der Waals surface area contributed by atoms with Crippen LogP contribution in [0.25, 0.3) is 5.57 Å². The van der Waals surface area contributed by atoms with Crippen LogP contribution < -0.4 is 0 Å². The minimum atomic E-state index is -0.152. The van der Waals surface area contributed by atoms with Gasteiger partial charge in [0.1, 0.15) is 5.82 Å². The quantitative estimate of drug-likeness (QED) is 0.677. The zero-order chi connectivity index (χ0) is 19.4. The number of hydrogen-bond donors (Lipinski definition) is 0. The van der Waals surface area contributed by atoms with Crippen molar-refractivity contribution in [1.29, 1.82) is 0 Å². The second-order valence-electron chi connectivity index (χ2n) is 7.85. The number of piperidine rings is 1. The maximum atomic E-state index is 14.5. The van der Waals surface area contributed by atoms with Crippen molar-refractivity contribution in [3.8, 4) is 0 Å². The third kappa shape index (κ3) is 5.07. The molecule has 0 saturated carbocycles. The highest BCUT2D eigenvalue weighted by Gasteiger charge is 2.19. The predicted octanol–water partition coefficient (Wildman–Crippen LogP) is 4.94. The van der Waals surface area contributed by atoms with E-state index >= 15 is 0 Å². The van der Waals surface area contributed by atoms with Crippen molar-refractivity contribution >= 4 is 13.6 Å². The molecule has 1 aliphatic heterocycles. The van der Waals surface area contributed by atoms with Crippen LogP contribution in [0.5, 0.6) is 0 Å². The van der Waals surface area contributed by atoms with Gasteiger partial charge in [-0.05, 0) is 79.6 Å². The lowest BCUT2D eigenvalue weighted by Gasteiger charge is -2.29. The third-order valence-electron chi connectivity index (χ3n) is 5.55. The van der Waals surface area contributed by atoms with E-state index in [1.165, 1.54) is 0 Å². The molecular formula is C23H28BFN2. The Morgan fingerprint density at radius 3 is 2.63 bits per heavy atom. The summed E-state index contributed by atoms with van der Waals surface area (Å²) in [6.45, 7) is 10.0. The molecule has 0 N–H and O–H groups in total. The van der Waals surface area contributed by atoms with Gasteiger partial charge in [0.2, 0.25) is 0 Å². The van der Waals surface area contributed by atoms with E-state index in [0.29, 0.717) is 18.3 Å². The van der Waals surface area contributed by atoms with Crippen LogP contribution in [0.1, 0.15) is 55.1 Å². The van der Waals surface area contributed by atoms with E-state index in [0.717, 1.165) is 60.4 Å². The van der Waals surface area contributed by atoms with Crippen LogP contribution in [0, 0.1) is 11.7 Å². The van der Waals surface area contributed by atoms with Crippen LogP contribution in [0.15, 0.2) is 43.0 Å². The van der Waals surface area contributed by atoms with Crippen LogP contribution in [0.3, 0.4) is 0 Å². The minimum Gasteiger partial charge on any atom is -0.353 e. The first-order valence-electron chi connectivity index (χ1n) is 9.87. The van der Waals surface area contributed by atoms with E-state index in [4.69, 9.17) is 13.0 Å². The lowest BCUT2D eigenvalue weighted by Crippen LogP contribution is -2.30. The van der Waals surface area contributed by atoms with Crippen molar-refractivity contribution in [2.45, 2.75) is 45.4 Å². The van der Waals surface area contributed by atoms with Crippen molar-refractivity contribution < 1.29 is 4.39 Å². The van der Waals surface area contributed by atoms with Gasteiger partial charge in [0, 0.05) is 17.3 Å². The zero-order valence-electron chi connectivity index (χ0n) is 16.4. The second kappa shape index (κ2) is 8.84. The number of aryl methyl sites for hydroxylation is 2. The summed E-state index contributed by atoms with van der Waals surface area (Å²) in [6.07, 6.45) is 3.48. The molecule has 2 radical (unpaired) electrons. The molecule has 0 aliphatic carbocycles. The van der Waals surface area contributed by atoms with Gasteiger partial charge in [0.15, 0.2) is 7.98 Å². The molecule has 0 atom stereocenters. The molecule has 2 heterocycles. The second-order valence-corrected chi connectivity index (χ2v) is 7.85. The van der Waals surface area contributed by atoms with Gasteiger partial charge >= 0.3 is 0 Å². The topological polar surface area (TPSA) is 16.1 Å². The summed E-state index contributed by atoms with van der Waals surface area (Å²) >= 11 is 0. The molecule has 140 valence electrons. The Hall–Kier alpha value is -1.94. The first-order chi connectivity index (χ1) is 12.9. The summed E-state index contributed by atoms with van der Waals surface area (Å²) in [4.78, 5) is 6.72. The van der Waals surface area contributed by atoms with E-state index in [1.807, 2.05) is 23.0 Å². The summed E-state index contributed by atoms with van der Waals surface area (Å²) in [7, 11) is 5.85. The van der Waals surface area contributed by atoms with Gasteiger partial charge in [-0.1, -0.05) is 38.6 Å². The first-order valence-corrected chi connectivity index (χ1v) is 9.87. The number of benzene rings is 1. The van der Waals surface area contributed by atoms with Gasteiger partial charge in [-0.2, -0.15) is 0 Å². The number of halogens is 1. The van der Waals surface area contributed by atoms with Crippen molar-refractivity contribution in [1.82, 2.24) is 9.79 Å². The molecule has 27 heavy (non-hydrogen) atoms. The molecule has 1 fully saturated rings. The van der Waals surface area contributed by atoms with E-state index in [-0.39, 0.29) is 5.82 Å². The molecule has 0 unspecified atom stereocenters. The molecule has 0 amide bonds. The van der Waals surface area contributed by atoms with Crippen LogP contribution in [0.2, 0.25) is 0 Å². The minimum absolute atomic E-state index is 0.152. The van der Waals surface area contributed by atoms with Gasteiger partial charge in [-0.25, -0.2) is 4.39 Å². The van der Waals surface area contributed by atoms with Crippen LogP contribution in [-0.2, 0) is 12.8 Å². The Balaban J connectivity index is 1.65. The molecule has 1 aromatic heterocycles. The molecule has 1 aromatic carbocycles. The van der Waals surface area contributed by atoms with Crippen LogP contribution >= 0.6 is 0 Å². The van der Waals surface area contributed by atoms with Gasteiger partial charge in [-0.3, -0.25) is 4.98 Å². The average molecular weight is 362 g/mol. The molecule has 3 rings (SSSR count). The molecule has 1 saturated heterocycles. The normalized spacial score (nSPS) is 16.0. The standard InChI is InChI=1S/C23H28BFN2/c1-16(2)17(3)20-8-7-18(22(25)15-20)9-10-21-5-4-6-23(26-21)19-11-13-27(24)14-12-19/h4-8,15-16,19H,3,9-14H2,1-2H3. The number of nitrogens with zero attached hydrogens (tertiary/aromatic N) is 2. The summed E-state index contributed by atoms with van der Waals surface area (Å²) < 4.78 is 14.5. The van der Waals surface area contributed by atoms with E-state index in [2.05, 4.69) is 32.6 Å². The molecule has 2 aromatic rings. The van der Waals surface area contributed by atoms with E-state index < -0.39 is 0 Å². The van der Waals surface area contributed by atoms with Gasteiger partial charge < -0.3 is 4.81 Å². The number of allylic oxidation sites excluding steroid dienone is 1. The van der Waals surface area contributed by atoms with Gasteiger partial charge in [0.25, 0.3) is 0 Å². The van der Waals surface area contributed by atoms with E-state index in [1.54, 1.807) is 6.07 Å². The number of rotatable bonds is 6. The highest BCUT2D eigenvalue weighted by atomic mass is 19.1. The summed E-state index contributed by atoms with van der Waals surface area (Å²) in [5, 5.41) is 0. The average Bonchev–Trinajstić information content (AvgIpc) is 2.67. The maximum absolute atomic E-state index is 14.5. The first kappa shape index (κ1) is 19.8. The summed E-state index contributed by atoms with van der Waals surface area (Å²) in [5.74, 6) is 0.636. The number of pyridine rings is 1. The largest absolute Gasteiger partial charge is 0.353 e. The van der Waals surface area contributed by atoms with Crippen molar-refractivity contribution in [3.05, 3.63) is 71.3 Å². The SMILES string of the molecule is [B]N1CCC(c2cccc(CCc3ccc(C(=C)C(C)C)cc3F)n2)CC1. The Labute approximate surface area is 163 Å². The van der Waals surface area contributed by atoms with Crippen LogP contribution in [0.4, 0.5) is 4.39 Å². The monoisotopic (exact) mass is 362 g/mol. The Morgan fingerprint density at radius 2 is 1.96 bits per heavy atom. The maximum Gasteiger partial charge on any atom is 0.182 e. The van der Waals surface area contributed by atoms with Crippen molar-refractivity contribution in [2.75, 3.05) is 13.1 Å². The fourth-order valence-electron chi connectivity index (χ4n) is 3.61. The zero-order valence-corrected chi connectivity index (χ0v) is 16.4.